The van der Waals surface area contributed by atoms with E-state index in [1.807, 2.05) is 59.4 Å². The number of carbonyl (C=O) groups excluding carboxylic acids is 1. The van der Waals surface area contributed by atoms with Crippen LogP contribution in [0.25, 0.3) is 0 Å². The van der Waals surface area contributed by atoms with Crippen molar-refractivity contribution in [2.24, 2.45) is 0 Å². The summed E-state index contributed by atoms with van der Waals surface area (Å²) < 4.78 is 1.88. The maximum atomic E-state index is 12.2. The van der Waals surface area contributed by atoms with Gasteiger partial charge in [0.25, 0.3) is 0 Å². The van der Waals surface area contributed by atoms with Gasteiger partial charge < -0.3 is 10.2 Å². The molecule has 1 aromatic heterocycles. The zero-order chi connectivity index (χ0) is 16.8. The molecule has 24 heavy (non-hydrogen) atoms. The van der Waals surface area contributed by atoms with E-state index in [0.29, 0.717) is 6.54 Å². The van der Waals surface area contributed by atoms with Crippen LogP contribution in [0.4, 0.5) is 10.5 Å². The Morgan fingerprint density at radius 3 is 2.42 bits per heavy atom. The number of carbonyl (C=O) groups is 1. The van der Waals surface area contributed by atoms with Crippen molar-refractivity contribution >= 4 is 11.7 Å². The Balaban J connectivity index is 1.57. The highest BCUT2D eigenvalue weighted by molar-refractivity contribution is 5.89. The molecule has 0 spiro atoms. The summed E-state index contributed by atoms with van der Waals surface area (Å²) in [6, 6.07) is 19.5. The van der Waals surface area contributed by atoms with Gasteiger partial charge in [-0.3, -0.25) is 4.68 Å². The lowest BCUT2D eigenvalue weighted by atomic mass is 10.2. The fourth-order valence-corrected chi connectivity index (χ4v) is 2.43. The van der Waals surface area contributed by atoms with Crippen molar-refractivity contribution in [3.63, 3.8) is 0 Å². The standard InChI is InChI=1S/C19H20N4O/c1-22(19(24)21-18-10-6-3-7-11-18)13-17-12-20-23(15-17)14-16-8-4-2-5-9-16/h2-12,15H,13-14H2,1H3,(H,21,24). The highest BCUT2D eigenvalue weighted by Crippen LogP contribution is 2.09. The SMILES string of the molecule is CN(Cc1cnn(Cc2ccccc2)c1)C(=O)Nc1ccccc1. The van der Waals surface area contributed by atoms with Crippen LogP contribution in [0.1, 0.15) is 11.1 Å². The van der Waals surface area contributed by atoms with Crippen molar-refractivity contribution < 1.29 is 4.79 Å². The predicted molar refractivity (Wildman–Crippen MR) is 94.7 cm³/mol. The molecule has 0 atom stereocenters. The van der Waals surface area contributed by atoms with Crippen LogP contribution in [0.15, 0.2) is 73.1 Å². The molecular formula is C19H20N4O. The minimum atomic E-state index is -0.142. The second-order valence-corrected chi connectivity index (χ2v) is 5.68. The minimum absolute atomic E-state index is 0.142. The van der Waals surface area contributed by atoms with Crippen molar-refractivity contribution in [2.75, 3.05) is 12.4 Å². The molecule has 0 bridgehead atoms. The summed E-state index contributed by atoms with van der Waals surface area (Å²) in [5, 5.41) is 7.23. The van der Waals surface area contributed by atoms with Gasteiger partial charge in [0.15, 0.2) is 0 Å². The number of rotatable bonds is 5. The maximum Gasteiger partial charge on any atom is 0.321 e. The van der Waals surface area contributed by atoms with Gasteiger partial charge in [-0.15, -0.1) is 0 Å². The molecule has 2 aromatic carbocycles. The number of anilines is 1. The van der Waals surface area contributed by atoms with Crippen LogP contribution in [0.3, 0.4) is 0 Å². The number of para-hydroxylation sites is 1. The Morgan fingerprint density at radius 1 is 1.04 bits per heavy atom. The van der Waals surface area contributed by atoms with Gasteiger partial charge in [-0.25, -0.2) is 4.79 Å². The highest BCUT2D eigenvalue weighted by Gasteiger charge is 2.10. The van der Waals surface area contributed by atoms with E-state index in [9.17, 15) is 4.79 Å². The second kappa shape index (κ2) is 7.46. The van der Waals surface area contributed by atoms with Crippen LogP contribution in [0.2, 0.25) is 0 Å². The van der Waals surface area contributed by atoms with Gasteiger partial charge in [-0.2, -0.15) is 5.10 Å². The molecule has 0 aliphatic carbocycles. The fourth-order valence-electron chi connectivity index (χ4n) is 2.43. The Hall–Kier alpha value is -3.08. The Kier molecular flexibility index (Phi) is 4.91. The van der Waals surface area contributed by atoms with Crippen LogP contribution in [-0.2, 0) is 13.1 Å². The van der Waals surface area contributed by atoms with E-state index in [1.54, 1.807) is 18.1 Å². The quantitative estimate of drug-likeness (QED) is 0.781. The van der Waals surface area contributed by atoms with E-state index in [0.717, 1.165) is 17.8 Å². The molecule has 1 heterocycles. The summed E-state index contributed by atoms with van der Waals surface area (Å²) in [4.78, 5) is 13.8. The highest BCUT2D eigenvalue weighted by atomic mass is 16.2. The van der Waals surface area contributed by atoms with E-state index < -0.39 is 0 Å². The third kappa shape index (κ3) is 4.23. The molecule has 3 rings (SSSR count). The zero-order valence-electron chi connectivity index (χ0n) is 13.6. The number of nitrogens with zero attached hydrogens (tertiary/aromatic N) is 3. The van der Waals surface area contributed by atoms with Crippen molar-refractivity contribution in [2.45, 2.75) is 13.1 Å². The Labute approximate surface area is 141 Å². The van der Waals surface area contributed by atoms with Crippen LogP contribution < -0.4 is 5.32 Å². The number of hydrogen-bond acceptors (Lipinski definition) is 2. The third-order valence-electron chi connectivity index (χ3n) is 3.67. The summed E-state index contributed by atoms with van der Waals surface area (Å²) in [6.07, 6.45) is 3.77. The largest absolute Gasteiger partial charge is 0.323 e. The maximum absolute atomic E-state index is 12.2. The number of benzene rings is 2. The summed E-state index contributed by atoms with van der Waals surface area (Å²) in [6.45, 7) is 1.23. The monoisotopic (exact) mass is 320 g/mol. The molecule has 5 heteroatoms. The molecule has 2 amide bonds. The molecule has 3 aromatic rings. The predicted octanol–water partition coefficient (Wildman–Crippen LogP) is 3.60. The van der Waals surface area contributed by atoms with Gasteiger partial charge in [-0.05, 0) is 17.7 Å². The van der Waals surface area contributed by atoms with Crippen molar-refractivity contribution in [3.05, 3.63) is 84.2 Å². The smallest absolute Gasteiger partial charge is 0.321 e. The van der Waals surface area contributed by atoms with Crippen molar-refractivity contribution in [1.82, 2.24) is 14.7 Å². The average molecular weight is 320 g/mol. The first-order valence-corrected chi connectivity index (χ1v) is 7.83. The molecule has 122 valence electrons. The summed E-state index contributed by atoms with van der Waals surface area (Å²) in [5.41, 5.74) is 2.98. The molecule has 0 saturated carbocycles. The van der Waals surface area contributed by atoms with E-state index in [1.165, 1.54) is 5.56 Å². The van der Waals surface area contributed by atoms with Gasteiger partial charge in [0, 0.05) is 24.5 Å². The van der Waals surface area contributed by atoms with E-state index in [4.69, 9.17) is 0 Å². The number of hydrogen-bond donors (Lipinski definition) is 1. The van der Waals surface area contributed by atoms with Gasteiger partial charge in [0.05, 0.1) is 19.3 Å². The van der Waals surface area contributed by atoms with E-state index in [2.05, 4.69) is 22.5 Å². The molecule has 1 N–H and O–H groups in total. The van der Waals surface area contributed by atoms with E-state index >= 15 is 0 Å². The molecule has 0 aliphatic rings. The molecule has 0 unspecified atom stereocenters. The summed E-state index contributed by atoms with van der Waals surface area (Å²) in [5.74, 6) is 0. The molecule has 0 fully saturated rings. The average Bonchev–Trinajstić information content (AvgIpc) is 3.03. The number of urea groups is 1. The van der Waals surface area contributed by atoms with Crippen molar-refractivity contribution in [3.8, 4) is 0 Å². The number of nitrogens with one attached hydrogen (secondary N) is 1. The molecule has 5 nitrogen and oxygen atoms in total. The van der Waals surface area contributed by atoms with Gasteiger partial charge in [-0.1, -0.05) is 48.5 Å². The van der Waals surface area contributed by atoms with Crippen LogP contribution in [0, 0.1) is 0 Å². The Morgan fingerprint density at radius 2 is 1.71 bits per heavy atom. The summed E-state index contributed by atoms with van der Waals surface area (Å²) in [7, 11) is 1.77. The van der Waals surface area contributed by atoms with Crippen LogP contribution >= 0.6 is 0 Å². The molecule has 0 saturated heterocycles. The topological polar surface area (TPSA) is 50.2 Å². The lowest BCUT2D eigenvalue weighted by Crippen LogP contribution is -2.30. The van der Waals surface area contributed by atoms with E-state index in [-0.39, 0.29) is 6.03 Å². The molecule has 0 aliphatic heterocycles. The Bertz CT molecular complexity index is 783. The van der Waals surface area contributed by atoms with Gasteiger partial charge in [0.1, 0.15) is 0 Å². The lowest BCUT2D eigenvalue weighted by Gasteiger charge is -2.17. The van der Waals surface area contributed by atoms with Gasteiger partial charge in [0.2, 0.25) is 0 Å². The zero-order valence-corrected chi connectivity index (χ0v) is 13.6. The summed E-state index contributed by atoms with van der Waals surface area (Å²) >= 11 is 0. The van der Waals surface area contributed by atoms with Crippen LogP contribution in [-0.4, -0.2) is 27.8 Å². The first kappa shape index (κ1) is 15.8. The minimum Gasteiger partial charge on any atom is -0.323 e. The normalized spacial score (nSPS) is 10.4. The van der Waals surface area contributed by atoms with Gasteiger partial charge >= 0.3 is 6.03 Å². The molecular weight excluding hydrogens is 300 g/mol. The fraction of sp³-hybridized carbons (Fsp3) is 0.158. The van der Waals surface area contributed by atoms with Crippen molar-refractivity contribution in [1.29, 1.82) is 0 Å². The second-order valence-electron chi connectivity index (χ2n) is 5.68. The lowest BCUT2D eigenvalue weighted by molar-refractivity contribution is 0.220. The molecule has 0 radical (unpaired) electrons. The number of aromatic nitrogens is 2. The third-order valence-corrected chi connectivity index (χ3v) is 3.67. The van der Waals surface area contributed by atoms with Crippen LogP contribution in [0.5, 0.6) is 0 Å². The first-order valence-electron chi connectivity index (χ1n) is 7.83. The first-order chi connectivity index (χ1) is 11.7. The number of amides is 2.